The highest BCUT2D eigenvalue weighted by molar-refractivity contribution is 6.06. The first-order chi connectivity index (χ1) is 21.6. The minimum absolute atomic E-state index is 0.334. The van der Waals surface area contributed by atoms with E-state index < -0.39 is 11.5 Å². The third kappa shape index (κ3) is 6.00. The number of nitrogens with one attached hydrogen (secondary N) is 3. The number of carboxylic acids is 1. The van der Waals surface area contributed by atoms with Gasteiger partial charge in [0.05, 0.1) is 11.2 Å². The van der Waals surface area contributed by atoms with Gasteiger partial charge in [-0.25, -0.2) is 4.79 Å². The van der Waals surface area contributed by atoms with Gasteiger partial charge < -0.3 is 25.3 Å². The number of aromatic nitrogens is 2. The van der Waals surface area contributed by atoms with E-state index in [1.54, 1.807) is 38.1 Å². The number of para-hydroxylation sites is 1. The zero-order chi connectivity index (χ0) is 31.7. The highest BCUT2D eigenvalue weighted by atomic mass is 16.4. The van der Waals surface area contributed by atoms with Crippen molar-refractivity contribution in [3.05, 3.63) is 95.7 Å². The lowest BCUT2D eigenvalue weighted by atomic mass is 9.81. The molecule has 2 amide bonds. The molecule has 2 aromatic heterocycles. The first-order valence-electron chi connectivity index (χ1n) is 15.5. The summed E-state index contributed by atoms with van der Waals surface area (Å²) in [5, 5.41) is 16.9. The summed E-state index contributed by atoms with van der Waals surface area (Å²) < 4.78 is 2.22. The molecule has 6 rings (SSSR count). The van der Waals surface area contributed by atoms with E-state index in [-0.39, 0.29) is 11.8 Å². The number of carbonyl (C=O) groups is 3. The molecule has 1 aliphatic rings. The summed E-state index contributed by atoms with van der Waals surface area (Å²) in [5.41, 5.74) is 6.31. The third-order valence-electron chi connectivity index (χ3n) is 8.94. The van der Waals surface area contributed by atoms with Crippen LogP contribution in [0.5, 0.6) is 0 Å². The lowest BCUT2D eigenvalue weighted by molar-refractivity contribution is -0.131. The Morgan fingerprint density at radius 3 is 2.47 bits per heavy atom. The fourth-order valence-corrected chi connectivity index (χ4v) is 6.56. The van der Waals surface area contributed by atoms with Gasteiger partial charge >= 0.3 is 5.97 Å². The van der Waals surface area contributed by atoms with Crippen LogP contribution in [-0.2, 0) is 16.6 Å². The van der Waals surface area contributed by atoms with Crippen LogP contribution in [0.3, 0.4) is 0 Å². The number of nitrogens with zero attached hydrogens (tertiary/aromatic N) is 1. The van der Waals surface area contributed by atoms with Gasteiger partial charge in [-0.3, -0.25) is 9.59 Å². The van der Waals surface area contributed by atoms with Gasteiger partial charge in [0.15, 0.2) is 0 Å². The van der Waals surface area contributed by atoms with Crippen molar-refractivity contribution < 1.29 is 19.5 Å². The van der Waals surface area contributed by atoms with Crippen molar-refractivity contribution in [3.63, 3.8) is 0 Å². The van der Waals surface area contributed by atoms with Crippen LogP contribution in [0.15, 0.2) is 79.0 Å². The van der Waals surface area contributed by atoms with Crippen LogP contribution >= 0.6 is 0 Å². The molecule has 8 heteroatoms. The van der Waals surface area contributed by atoms with Crippen LogP contribution in [0, 0.1) is 0 Å². The number of aryl methyl sites for hydroxylation is 1. The number of rotatable bonds is 8. The van der Waals surface area contributed by atoms with Crippen molar-refractivity contribution in [2.45, 2.75) is 57.4 Å². The monoisotopic (exact) mass is 602 g/mol. The Balaban J connectivity index is 1.28. The number of aromatic amines is 1. The number of hydrogen-bond donors (Lipinski definition) is 4. The maximum Gasteiger partial charge on any atom is 0.328 e. The van der Waals surface area contributed by atoms with Crippen LogP contribution in [0.1, 0.15) is 73.4 Å². The maximum absolute atomic E-state index is 13.6. The molecule has 1 fully saturated rings. The molecule has 0 spiro atoms. The number of fused-ring (bicyclic) bond motifs is 2. The number of anilines is 1. The van der Waals surface area contributed by atoms with Gasteiger partial charge in [-0.2, -0.15) is 0 Å². The Bertz CT molecular complexity index is 1940. The Morgan fingerprint density at radius 1 is 0.978 bits per heavy atom. The Hall–Kier alpha value is -5.11. The molecule has 4 N–H and O–H groups in total. The number of aliphatic carboxylic acids is 1. The van der Waals surface area contributed by atoms with Crippen LogP contribution < -0.4 is 10.6 Å². The van der Waals surface area contributed by atoms with E-state index in [9.17, 15) is 14.4 Å². The number of benzene rings is 3. The zero-order valence-electron chi connectivity index (χ0n) is 25.8. The summed E-state index contributed by atoms with van der Waals surface area (Å²) in [4.78, 5) is 41.0. The van der Waals surface area contributed by atoms with Gasteiger partial charge in [0, 0.05) is 52.4 Å². The highest BCUT2D eigenvalue weighted by Crippen LogP contribution is 2.45. The van der Waals surface area contributed by atoms with E-state index in [0.29, 0.717) is 22.7 Å². The average Bonchev–Trinajstić information content (AvgIpc) is 3.63. The third-order valence-corrected chi connectivity index (χ3v) is 8.94. The van der Waals surface area contributed by atoms with E-state index in [0.717, 1.165) is 40.9 Å². The topological polar surface area (TPSA) is 116 Å². The number of amides is 2. The SMILES string of the molecule is Cn1c(-c2cccc3cc[nH]c23)c(C2CCCCC2)c2ccc(C(=O)NC(C)(C)C(=O)Nc3ccc(/C=C/C(=O)O)cc3)cc21. The van der Waals surface area contributed by atoms with E-state index in [4.69, 9.17) is 5.11 Å². The molecular weight excluding hydrogens is 564 g/mol. The van der Waals surface area contributed by atoms with Crippen molar-refractivity contribution in [2.75, 3.05) is 5.32 Å². The summed E-state index contributed by atoms with van der Waals surface area (Å²) in [6.45, 7) is 3.34. The molecule has 0 bridgehead atoms. The van der Waals surface area contributed by atoms with Gasteiger partial charge in [0.1, 0.15) is 5.54 Å². The summed E-state index contributed by atoms with van der Waals surface area (Å²) in [7, 11) is 2.08. The lowest BCUT2D eigenvalue weighted by Crippen LogP contribution is -2.52. The van der Waals surface area contributed by atoms with Crippen molar-refractivity contribution in [1.29, 1.82) is 0 Å². The summed E-state index contributed by atoms with van der Waals surface area (Å²) >= 11 is 0. The predicted molar refractivity (Wildman–Crippen MR) is 179 cm³/mol. The largest absolute Gasteiger partial charge is 0.478 e. The molecule has 0 saturated heterocycles. The molecular formula is C37H38N4O4. The number of H-pyrrole nitrogens is 1. The highest BCUT2D eigenvalue weighted by Gasteiger charge is 2.31. The number of carbonyl (C=O) groups excluding carboxylic acids is 2. The second-order valence-corrected chi connectivity index (χ2v) is 12.5. The molecule has 0 aliphatic heterocycles. The molecule has 1 saturated carbocycles. The van der Waals surface area contributed by atoms with Crippen LogP contribution in [-0.4, -0.2) is 38.0 Å². The van der Waals surface area contributed by atoms with Gasteiger partial charge in [-0.05, 0) is 80.1 Å². The molecule has 0 radical (unpaired) electrons. The molecule has 45 heavy (non-hydrogen) atoms. The van der Waals surface area contributed by atoms with Gasteiger partial charge in [0.25, 0.3) is 5.91 Å². The van der Waals surface area contributed by atoms with Crippen LogP contribution in [0.25, 0.3) is 39.1 Å². The Labute approximate surface area is 262 Å². The van der Waals surface area contributed by atoms with Gasteiger partial charge in [-0.1, -0.05) is 55.7 Å². The second kappa shape index (κ2) is 12.1. The van der Waals surface area contributed by atoms with Crippen LogP contribution in [0.2, 0.25) is 0 Å². The van der Waals surface area contributed by atoms with Gasteiger partial charge in [0.2, 0.25) is 5.91 Å². The smallest absolute Gasteiger partial charge is 0.328 e. The van der Waals surface area contributed by atoms with E-state index in [1.807, 2.05) is 18.3 Å². The summed E-state index contributed by atoms with van der Waals surface area (Å²) in [6.07, 6.45) is 10.5. The molecule has 230 valence electrons. The molecule has 0 unspecified atom stereocenters. The van der Waals surface area contributed by atoms with Crippen LogP contribution in [0.4, 0.5) is 5.69 Å². The fraction of sp³-hybridized carbons (Fsp3) is 0.270. The van der Waals surface area contributed by atoms with E-state index in [2.05, 4.69) is 57.6 Å². The first-order valence-corrected chi connectivity index (χ1v) is 15.5. The quantitative estimate of drug-likeness (QED) is 0.137. The van der Waals surface area contributed by atoms with Crippen molar-refractivity contribution in [2.24, 2.45) is 7.05 Å². The Kier molecular flexibility index (Phi) is 8.06. The molecule has 5 aromatic rings. The summed E-state index contributed by atoms with van der Waals surface area (Å²) in [6, 6.07) is 21.2. The minimum Gasteiger partial charge on any atom is -0.478 e. The summed E-state index contributed by atoms with van der Waals surface area (Å²) in [5.74, 6) is -1.28. The van der Waals surface area contributed by atoms with Crippen molar-refractivity contribution in [1.82, 2.24) is 14.9 Å². The Morgan fingerprint density at radius 2 is 1.73 bits per heavy atom. The van der Waals surface area contributed by atoms with Crippen molar-refractivity contribution >= 4 is 51.4 Å². The lowest BCUT2D eigenvalue weighted by Gasteiger charge is -2.25. The standard InChI is InChI=1S/C37H38N4O4/c1-37(2,36(45)39-27-16-12-23(13-17-27)14-19-31(42)43)40-35(44)26-15-18-28-30(22-26)41(3)34(32(28)24-8-5-4-6-9-24)29-11-7-10-25-20-21-38-33(25)29/h7,10-22,24,38H,4-6,8-9H2,1-3H3,(H,39,45)(H,40,44)(H,42,43)/b19-14+. The van der Waals surface area contributed by atoms with Gasteiger partial charge in [-0.15, -0.1) is 0 Å². The second-order valence-electron chi connectivity index (χ2n) is 12.5. The van der Waals surface area contributed by atoms with Crippen molar-refractivity contribution in [3.8, 4) is 11.3 Å². The normalized spacial score (nSPS) is 14.3. The maximum atomic E-state index is 13.6. The molecule has 8 nitrogen and oxygen atoms in total. The first kappa shape index (κ1) is 29.9. The predicted octanol–water partition coefficient (Wildman–Crippen LogP) is 7.62. The average molecular weight is 603 g/mol. The number of carboxylic acid groups (broad SMARTS) is 1. The van der Waals surface area contributed by atoms with E-state index in [1.165, 1.54) is 42.0 Å². The molecule has 0 atom stereocenters. The fourth-order valence-electron chi connectivity index (χ4n) is 6.56. The zero-order valence-corrected chi connectivity index (χ0v) is 25.8. The molecule has 3 aromatic carbocycles. The number of hydrogen-bond acceptors (Lipinski definition) is 3. The molecule has 2 heterocycles. The van der Waals surface area contributed by atoms with E-state index >= 15 is 0 Å². The minimum atomic E-state index is -1.20. The molecule has 1 aliphatic carbocycles.